The molecule has 2 aliphatic rings. The highest BCUT2D eigenvalue weighted by Crippen LogP contribution is 2.37. The van der Waals surface area contributed by atoms with Crippen molar-refractivity contribution in [1.29, 1.82) is 0 Å². The van der Waals surface area contributed by atoms with Gasteiger partial charge in [0.15, 0.2) is 0 Å². The second-order valence-electron chi connectivity index (χ2n) is 4.80. The van der Waals surface area contributed by atoms with Crippen LogP contribution in [0.2, 0.25) is 18.6 Å². The molecule has 16 heavy (non-hydrogen) atoms. The highest BCUT2D eigenvalue weighted by molar-refractivity contribution is 7.40. The van der Waals surface area contributed by atoms with E-state index in [4.69, 9.17) is 0 Å². The van der Waals surface area contributed by atoms with E-state index in [-0.39, 0.29) is 25.9 Å². The summed E-state index contributed by atoms with van der Waals surface area (Å²) in [5.74, 6) is 0. The third kappa shape index (κ3) is 2.47. The molecule has 0 aliphatic heterocycles. The molecular weight excluding hydrogens is 240 g/mol. The monoisotopic (exact) mass is 262 g/mol. The molecular formula is C13H22Si3. The van der Waals surface area contributed by atoms with Gasteiger partial charge in [-0.05, 0) is 18.4 Å². The zero-order valence-corrected chi connectivity index (χ0v) is 14.4. The molecule has 3 heteroatoms. The molecule has 0 aromatic rings. The van der Waals surface area contributed by atoms with E-state index in [1.54, 1.807) is 11.1 Å². The third-order valence-electron chi connectivity index (χ3n) is 3.92. The summed E-state index contributed by atoms with van der Waals surface area (Å²) in [6.45, 7) is 5.12. The molecule has 0 fully saturated rings. The molecule has 2 aliphatic carbocycles. The van der Waals surface area contributed by atoms with Gasteiger partial charge in [0, 0.05) is 25.9 Å². The van der Waals surface area contributed by atoms with Gasteiger partial charge in [-0.3, -0.25) is 0 Å². The minimum atomic E-state index is -0.352. The first-order valence-electron chi connectivity index (χ1n) is 6.58. The van der Waals surface area contributed by atoms with Crippen LogP contribution in [0.15, 0.2) is 47.6 Å². The zero-order valence-electron chi connectivity index (χ0n) is 10.4. The first-order valence-corrected chi connectivity index (χ1v) is 16.6. The summed E-state index contributed by atoms with van der Waals surface area (Å²) in [6.07, 6.45) is 16.5. The summed E-state index contributed by atoms with van der Waals surface area (Å²) >= 11 is 0. The van der Waals surface area contributed by atoms with E-state index < -0.39 is 0 Å². The Labute approximate surface area is 105 Å². The van der Waals surface area contributed by atoms with E-state index in [1.807, 2.05) is 0 Å². The number of allylic oxidation sites excluding steroid dienone is 8. The summed E-state index contributed by atoms with van der Waals surface area (Å²) in [4.78, 5) is 0. The molecule has 0 N–H and O–H groups in total. The first kappa shape index (κ1) is 12.1. The fourth-order valence-electron chi connectivity index (χ4n) is 2.99. The van der Waals surface area contributed by atoms with Gasteiger partial charge in [-0.25, -0.2) is 0 Å². The number of hydrogen-bond acceptors (Lipinski definition) is 0. The minimum Gasteiger partial charge on any atom is -0.0805 e. The lowest BCUT2D eigenvalue weighted by molar-refractivity contribution is 1.01. The Bertz CT molecular complexity index is 329. The lowest BCUT2D eigenvalue weighted by Crippen LogP contribution is -2.34. The van der Waals surface area contributed by atoms with Crippen LogP contribution in [-0.2, 0) is 0 Å². The van der Waals surface area contributed by atoms with Crippen LogP contribution in [0, 0.1) is 0 Å². The van der Waals surface area contributed by atoms with E-state index in [0.717, 1.165) is 5.54 Å². The van der Waals surface area contributed by atoms with E-state index in [9.17, 15) is 0 Å². The maximum Gasteiger partial charge on any atom is 0.0259 e. The molecule has 0 saturated heterocycles. The van der Waals surface area contributed by atoms with Crippen molar-refractivity contribution in [3.8, 4) is 0 Å². The van der Waals surface area contributed by atoms with Crippen LogP contribution in [-0.4, -0.2) is 25.9 Å². The van der Waals surface area contributed by atoms with Gasteiger partial charge in [-0.2, -0.15) is 0 Å². The standard InChI is InChI=1S/C13H22Si3/c1-14-16(15-2)13(11-7-3-4-8-11)12-9-5-6-10-12/h3-7,9,13,16H,8,10,14-15H2,1-2H3. The van der Waals surface area contributed by atoms with Crippen molar-refractivity contribution < 1.29 is 0 Å². The van der Waals surface area contributed by atoms with Crippen LogP contribution >= 0.6 is 0 Å². The summed E-state index contributed by atoms with van der Waals surface area (Å²) in [5.41, 5.74) is 4.48. The van der Waals surface area contributed by atoms with Gasteiger partial charge in [0.25, 0.3) is 0 Å². The molecule has 0 aromatic heterocycles. The number of hydrogen-bond donors (Lipinski definition) is 0. The Morgan fingerprint density at radius 2 is 1.50 bits per heavy atom. The average Bonchev–Trinajstić information content (AvgIpc) is 2.98. The molecule has 0 amide bonds. The lowest BCUT2D eigenvalue weighted by Gasteiger charge is -2.27. The highest BCUT2D eigenvalue weighted by atomic mass is 29.6. The predicted molar refractivity (Wildman–Crippen MR) is 83.4 cm³/mol. The van der Waals surface area contributed by atoms with Gasteiger partial charge in [0.05, 0.1) is 0 Å². The average molecular weight is 263 g/mol. The van der Waals surface area contributed by atoms with Gasteiger partial charge < -0.3 is 0 Å². The molecule has 86 valence electrons. The van der Waals surface area contributed by atoms with Crippen molar-refractivity contribution in [2.45, 2.75) is 31.5 Å². The second-order valence-corrected chi connectivity index (χ2v) is 23.3. The van der Waals surface area contributed by atoms with Gasteiger partial charge in [0.2, 0.25) is 0 Å². The molecule has 0 heterocycles. The Morgan fingerprint density at radius 1 is 1.00 bits per heavy atom. The second kappa shape index (κ2) is 5.80. The molecule has 2 rings (SSSR count). The van der Waals surface area contributed by atoms with Crippen molar-refractivity contribution in [1.82, 2.24) is 0 Å². The Morgan fingerprint density at radius 3 is 1.81 bits per heavy atom. The van der Waals surface area contributed by atoms with Crippen molar-refractivity contribution in [2.75, 3.05) is 0 Å². The summed E-state index contributed by atoms with van der Waals surface area (Å²) in [5, 5.41) is 0. The fourth-order valence-corrected chi connectivity index (χ4v) is 19.6. The van der Waals surface area contributed by atoms with Crippen LogP contribution in [0.25, 0.3) is 0 Å². The lowest BCUT2D eigenvalue weighted by atomic mass is 10.0. The van der Waals surface area contributed by atoms with Gasteiger partial charge in [-0.1, -0.05) is 60.7 Å². The van der Waals surface area contributed by atoms with Crippen LogP contribution in [0.3, 0.4) is 0 Å². The Hall–Kier alpha value is -0.389. The molecule has 0 atom stereocenters. The van der Waals surface area contributed by atoms with Crippen molar-refractivity contribution in [2.24, 2.45) is 0 Å². The molecule has 0 aromatic carbocycles. The maximum absolute atomic E-state index is 2.56. The minimum absolute atomic E-state index is 0.277. The smallest absolute Gasteiger partial charge is 0.0259 e. The predicted octanol–water partition coefficient (Wildman–Crippen LogP) is 1.78. The largest absolute Gasteiger partial charge is 0.0805 e. The first-order chi connectivity index (χ1) is 7.86. The van der Waals surface area contributed by atoms with E-state index in [1.165, 1.54) is 12.8 Å². The summed E-state index contributed by atoms with van der Waals surface area (Å²) in [7, 11) is 0.201. The normalized spacial score (nSPS) is 21.9. The SMILES string of the molecule is C[SiH2][SiH]([SiH2]C)C(C1=CC=CC1)C1=CC=CC1. The molecule has 0 nitrogen and oxygen atoms in total. The van der Waals surface area contributed by atoms with Crippen LogP contribution in [0.1, 0.15) is 12.8 Å². The van der Waals surface area contributed by atoms with E-state index in [0.29, 0.717) is 0 Å². The zero-order chi connectivity index (χ0) is 11.4. The number of rotatable bonds is 5. The fraction of sp³-hybridized carbons (Fsp3) is 0.385. The maximum atomic E-state index is 2.56. The molecule has 0 spiro atoms. The van der Waals surface area contributed by atoms with Crippen LogP contribution < -0.4 is 0 Å². The molecule has 0 bridgehead atoms. The van der Waals surface area contributed by atoms with Crippen LogP contribution in [0.4, 0.5) is 0 Å². The Kier molecular flexibility index (Phi) is 4.37. The topological polar surface area (TPSA) is 0 Å². The molecule has 0 unspecified atom stereocenters. The van der Waals surface area contributed by atoms with E-state index >= 15 is 0 Å². The van der Waals surface area contributed by atoms with Crippen LogP contribution in [0.5, 0.6) is 0 Å². The highest BCUT2D eigenvalue weighted by Gasteiger charge is 2.27. The Balaban J connectivity index is 2.18. The molecule has 0 saturated carbocycles. The van der Waals surface area contributed by atoms with Crippen molar-refractivity contribution in [3.63, 3.8) is 0 Å². The van der Waals surface area contributed by atoms with Crippen molar-refractivity contribution >= 4 is 25.9 Å². The van der Waals surface area contributed by atoms with Gasteiger partial charge in [0.1, 0.15) is 0 Å². The third-order valence-corrected chi connectivity index (χ3v) is 27.3. The molecule has 0 radical (unpaired) electrons. The van der Waals surface area contributed by atoms with Crippen molar-refractivity contribution in [3.05, 3.63) is 47.6 Å². The summed E-state index contributed by atoms with van der Waals surface area (Å²) < 4.78 is 0. The van der Waals surface area contributed by atoms with Gasteiger partial charge in [-0.15, -0.1) is 0 Å². The quantitative estimate of drug-likeness (QED) is 0.663. The van der Waals surface area contributed by atoms with Gasteiger partial charge >= 0.3 is 0 Å². The van der Waals surface area contributed by atoms with E-state index in [2.05, 4.69) is 49.6 Å². The summed E-state index contributed by atoms with van der Waals surface area (Å²) in [6, 6.07) is 0.